The molecule has 1 amide bonds. The number of carbonyl (C=O) groups excluding carboxylic acids is 2. The fraction of sp³-hybridized carbons (Fsp3) is 0.154. The van der Waals surface area contributed by atoms with Gasteiger partial charge in [-0.3, -0.25) is 9.59 Å². The first-order chi connectivity index (χ1) is 16.0. The zero-order chi connectivity index (χ0) is 23.6. The maximum Gasteiger partial charge on any atom is 0.262 e. The molecule has 170 valence electrons. The summed E-state index contributed by atoms with van der Waals surface area (Å²) in [5, 5.41) is 2.75. The lowest BCUT2D eigenvalue weighted by Crippen LogP contribution is -2.20. The molecule has 0 aliphatic heterocycles. The molecule has 0 spiro atoms. The summed E-state index contributed by atoms with van der Waals surface area (Å²) >= 11 is 0. The second-order valence-corrected chi connectivity index (χ2v) is 6.88. The van der Waals surface area contributed by atoms with E-state index < -0.39 is 0 Å². The van der Waals surface area contributed by atoms with Crippen LogP contribution in [0.25, 0.3) is 6.08 Å². The summed E-state index contributed by atoms with van der Waals surface area (Å²) < 4.78 is 21.4. The lowest BCUT2D eigenvalue weighted by molar-refractivity contribution is -0.118. The Labute approximate surface area is 192 Å². The first-order valence-corrected chi connectivity index (χ1v) is 10.1. The molecule has 1 N–H and O–H groups in total. The molecule has 0 bridgehead atoms. The Kier molecular flexibility index (Phi) is 8.07. The van der Waals surface area contributed by atoms with Gasteiger partial charge in [0.1, 0.15) is 11.5 Å². The molecule has 0 radical (unpaired) electrons. The third-order valence-corrected chi connectivity index (χ3v) is 4.71. The minimum Gasteiger partial charge on any atom is -0.497 e. The zero-order valence-corrected chi connectivity index (χ0v) is 18.7. The number of ketones is 1. The number of hydrogen-bond acceptors (Lipinski definition) is 6. The maximum absolute atomic E-state index is 12.4. The average molecular weight is 447 g/mol. The van der Waals surface area contributed by atoms with E-state index in [1.54, 1.807) is 73.8 Å². The van der Waals surface area contributed by atoms with Crippen molar-refractivity contribution in [1.29, 1.82) is 0 Å². The Balaban J connectivity index is 1.63. The second kappa shape index (κ2) is 11.4. The van der Waals surface area contributed by atoms with Crippen molar-refractivity contribution < 1.29 is 28.5 Å². The molecule has 3 aromatic carbocycles. The molecule has 3 rings (SSSR count). The molecule has 0 aliphatic carbocycles. The number of carbonyl (C=O) groups is 2. The number of methoxy groups -OCH3 is 3. The number of anilines is 1. The Morgan fingerprint density at radius 3 is 2.36 bits per heavy atom. The third kappa shape index (κ3) is 6.36. The van der Waals surface area contributed by atoms with E-state index in [9.17, 15) is 9.59 Å². The summed E-state index contributed by atoms with van der Waals surface area (Å²) in [6, 6.07) is 19.2. The van der Waals surface area contributed by atoms with E-state index in [4.69, 9.17) is 18.9 Å². The van der Waals surface area contributed by atoms with Gasteiger partial charge in [0, 0.05) is 5.56 Å². The highest BCUT2D eigenvalue weighted by Crippen LogP contribution is 2.29. The van der Waals surface area contributed by atoms with Crippen LogP contribution in [0.3, 0.4) is 0 Å². The van der Waals surface area contributed by atoms with Crippen molar-refractivity contribution in [3.05, 3.63) is 83.9 Å². The largest absolute Gasteiger partial charge is 0.497 e. The van der Waals surface area contributed by atoms with Crippen molar-refractivity contribution >= 4 is 23.5 Å². The predicted octanol–water partition coefficient (Wildman–Crippen LogP) is 4.63. The van der Waals surface area contributed by atoms with Crippen LogP contribution in [0.1, 0.15) is 15.9 Å². The van der Waals surface area contributed by atoms with Gasteiger partial charge >= 0.3 is 0 Å². The number of benzene rings is 3. The highest BCUT2D eigenvalue weighted by atomic mass is 16.5. The Hall–Kier alpha value is -4.26. The van der Waals surface area contributed by atoms with Crippen molar-refractivity contribution in [2.24, 2.45) is 0 Å². The molecule has 33 heavy (non-hydrogen) atoms. The van der Waals surface area contributed by atoms with E-state index in [0.29, 0.717) is 34.2 Å². The molecule has 7 nitrogen and oxygen atoms in total. The lowest BCUT2D eigenvalue weighted by atomic mass is 10.1. The second-order valence-electron chi connectivity index (χ2n) is 6.88. The Bertz CT molecular complexity index is 1160. The number of ether oxygens (including phenoxy) is 4. The highest BCUT2D eigenvalue weighted by molar-refractivity contribution is 6.07. The number of amides is 1. The summed E-state index contributed by atoms with van der Waals surface area (Å²) in [5.74, 6) is 1.53. The SMILES string of the molecule is COc1cccc(C(=O)/C=C/c2ccc(OCC(=O)Nc3ccccc3OC)c(OC)c2)c1. The van der Waals surface area contributed by atoms with Crippen molar-refractivity contribution in [1.82, 2.24) is 0 Å². The van der Waals surface area contributed by atoms with Gasteiger partial charge in [-0.1, -0.05) is 36.4 Å². The van der Waals surface area contributed by atoms with Gasteiger partial charge in [0.2, 0.25) is 0 Å². The van der Waals surface area contributed by atoms with Crippen LogP contribution in [0.15, 0.2) is 72.8 Å². The fourth-order valence-corrected chi connectivity index (χ4v) is 3.03. The van der Waals surface area contributed by atoms with Crippen molar-refractivity contribution in [3.63, 3.8) is 0 Å². The van der Waals surface area contributed by atoms with Gasteiger partial charge in [-0.15, -0.1) is 0 Å². The summed E-state index contributed by atoms with van der Waals surface area (Å²) in [6.45, 7) is -0.210. The Morgan fingerprint density at radius 1 is 0.818 bits per heavy atom. The number of rotatable bonds is 10. The normalized spacial score (nSPS) is 10.5. The van der Waals surface area contributed by atoms with Gasteiger partial charge in [-0.05, 0) is 48.0 Å². The van der Waals surface area contributed by atoms with Crippen LogP contribution in [-0.4, -0.2) is 39.6 Å². The van der Waals surface area contributed by atoms with Gasteiger partial charge in [-0.2, -0.15) is 0 Å². The minimum atomic E-state index is -0.339. The van der Waals surface area contributed by atoms with E-state index in [-0.39, 0.29) is 18.3 Å². The van der Waals surface area contributed by atoms with Crippen molar-refractivity contribution in [2.75, 3.05) is 33.3 Å². The molecule has 0 saturated heterocycles. The summed E-state index contributed by atoms with van der Waals surface area (Å²) in [4.78, 5) is 24.7. The molecule has 0 saturated carbocycles. The molecule has 0 fully saturated rings. The van der Waals surface area contributed by atoms with E-state index in [1.807, 2.05) is 6.07 Å². The third-order valence-electron chi connectivity index (χ3n) is 4.71. The molecule has 3 aromatic rings. The van der Waals surface area contributed by atoms with Crippen LogP contribution in [0.2, 0.25) is 0 Å². The molecule has 0 unspecified atom stereocenters. The van der Waals surface area contributed by atoms with Gasteiger partial charge in [0.15, 0.2) is 23.9 Å². The monoisotopic (exact) mass is 447 g/mol. The smallest absolute Gasteiger partial charge is 0.262 e. The van der Waals surface area contributed by atoms with Gasteiger partial charge in [0.05, 0.1) is 27.0 Å². The Morgan fingerprint density at radius 2 is 1.61 bits per heavy atom. The summed E-state index contributed by atoms with van der Waals surface area (Å²) in [7, 11) is 4.59. The molecular weight excluding hydrogens is 422 g/mol. The van der Waals surface area contributed by atoms with Crippen LogP contribution < -0.4 is 24.3 Å². The van der Waals surface area contributed by atoms with Gasteiger partial charge in [0.25, 0.3) is 5.91 Å². The van der Waals surface area contributed by atoms with Crippen LogP contribution in [-0.2, 0) is 4.79 Å². The molecular formula is C26H25NO6. The summed E-state index contributed by atoms with van der Waals surface area (Å²) in [5.41, 5.74) is 1.83. The summed E-state index contributed by atoms with van der Waals surface area (Å²) in [6.07, 6.45) is 3.16. The molecule has 0 heterocycles. The average Bonchev–Trinajstić information content (AvgIpc) is 2.86. The van der Waals surface area contributed by atoms with Crippen LogP contribution in [0.4, 0.5) is 5.69 Å². The maximum atomic E-state index is 12.4. The first-order valence-electron chi connectivity index (χ1n) is 10.1. The van der Waals surface area contributed by atoms with Crippen LogP contribution in [0.5, 0.6) is 23.0 Å². The molecule has 0 aliphatic rings. The van der Waals surface area contributed by atoms with Crippen molar-refractivity contribution in [3.8, 4) is 23.0 Å². The lowest BCUT2D eigenvalue weighted by Gasteiger charge is -2.13. The van der Waals surface area contributed by atoms with E-state index in [0.717, 1.165) is 5.56 Å². The molecule has 0 atom stereocenters. The van der Waals surface area contributed by atoms with Gasteiger partial charge < -0.3 is 24.3 Å². The number of para-hydroxylation sites is 2. The zero-order valence-electron chi connectivity index (χ0n) is 18.7. The molecule has 7 heteroatoms. The number of hydrogen-bond donors (Lipinski definition) is 1. The quantitative estimate of drug-likeness (QED) is 0.361. The number of nitrogens with one attached hydrogen (secondary N) is 1. The van der Waals surface area contributed by atoms with E-state index >= 15 is 0 Å². The molecule has 0 aromatic heterocycles. The topological polar surface area (TPSA) is 83.1 Å². The van der Waals surface area contributed by atoms with Gasteiger partial charge in [-0.25, -0.2) is 0 Å². The highest BCUT2D eigenvalue weighted by Gasteiger charge is 2.11. The van der Waals surface area contributed by atoms with Crippen molar-refractivity contribution in [2.45, 2.75) is 0 Å². The number of allylic oxidation sites excluding steroid dienone is 1. The minimum absolute atomic E-state index is 0.152. The first kappa shape index (κ1) is 23.4. The van der Waals surface area contributed by atoms with E-state index in [2.05, 4.69) is 5.32 Å². The van der Waals surface area contributed by atoms with Crippen LogP contribution >= 0.6 is 0 Å². The fourth-order valence-electron chi connectivity index (χ4n) is 3.03. The van der Waals surface area contributed by atoms with Crippen LogP contribution in [0, 0.1) is 0 Å². The standard InChI is InChI=1S/C26H25NO6/c1-30-20-8-6-7-19(16-20)22(28)13-11-18-12-14-24(25(15-18)32-3)33-17-26(29)27-21-9-4-5-10-23(21)31-2/h4-16H,17H2,1-3H3,(H,27,29)/b13-11+. The predicted molar refractivity (Wildman–Crippen MR) is 126 cm³/mol. The van der Waals surface area contributed by atoms with E-state index in [1.165, 1.54) is 20.3 Å².